The monoisotopic (exact) mass is 517 g/mol. The van der Waals surface area contributed by atoms with E-state index >= 15 is 0 Å². The Morgan fingerprint density at radius 1 is 1.24 bits per heavy atom. The first-order chi connectivity index (χ1) is 18.0. The molecule has 0 spiro atoms. The normalized spacial score (nSPS) is 14.6. The molecule has 2 amide bonds. The van der Waals surface area contributed by atoms with Crippen molar-refractivity contribution in [3.05, 3.63) is 118 Å². The van der Waals surface area contributed by atoms with Crippen molar-refractivity contribution in [2.24, 2.45) is 0 Å². The lowest BCUT2D eigenvalue weighted by molar-refractivity contribution is 0.0661. The van der Waals surface area contributed by atoms with E-state index < -0.39 is 6.04 Å². The highest BCUT2D eigenvalue weighted by Gasteiger charge is 2.34. The van der Waals surface area contributed by atoms with Gasteiger partial charge in [0, 0.05) is 18.5 Å². The van der Waals surface area contributed by atoms with E-state index in [4.69, 9.17) is 9.15 Å². The standard InChI is InChI=1S/C28H24FN3O4S/c1-2-12-30-27(33)23-17-37-25(31-23)16-36-21-10-7-18-11-13-32(28(34)24-4-3-14-35-24)26(22(18)15-21)19-5-8-20(29)9-6-19/h2-10,14-15,17,26H,1,11-13,16H2,(H,30,33)/t26-/m0/s1. The van der Waals surface area contributed by atoms with Crippen molar-refractivity contribution in [3.63, 3.8) is 0 Å². The number of halogens is 1. The van der Waals surface area contributed by atoms with E-state index in [1.807, 2.05) is 18.2 Å². The maximum atomic E-state index is 13.7. The second kappa shape index (κ2) is 10.8. The number of aromatic nitrogens is 1. The maximum Gasteiger partial charge on any atom is 0.290 e. The average molecular weight is 518 g/mol. The minimum atomic E-state index is -0.439. The van der Waals surface area contributed by atoms with Crippen LogP contribution in [0.2, 0.25) is 0 Å². The Bertz CT molecular complexity index is 1420. The fourth-order valence-corrected chi connectivity index (χ4v) is 5.02. The summed E-state index contributed by atoms with van der Waals surface area (Å²) in [5.74, 6) is 0.00781. The molecule has 2 aromatic heterocycles. The number of rotatable bonds is 8. The van der Waals surface area contributed by atoms with Gasteiger partial charge in [0.15, 0.2) is 5.76 Å². The van der Waals surface area contributed by atoms with Crippen LogP contribution in [-0.4, -0.2) is 34.8 Å². The van der Waals surface area contributed by atoms with Gasteiger partial charge in [0.1, 0.15) is 28.9 Å². The van der Waals surface area contributed by atoms with Crippen LogP contribution in [0.25, 0.3) is 0 Å². The van der Waals surface area contributed by atoms with Gasteiger partial charge in [-0.05, 0) is 59.5 Å². The molecule has 1 N–H and O–H groups in total. The highest BCUT2D eigenvalue weighted by atomic mass is 32.1. The molecule has 1 aliphatic rings. The Hall–Kier alpha value is -4.24. The topological polar surface area (TPSA) is 84.7 Å². The van der Waals surface area contributed by atoms with E-state index in [1.165, 1.54) is 29.7 Å². The van der Waals surface area contributed by atoms with Gasteiger partial charge in [-0.2, -0.15) is 0 Å². The maximum absolute atomic E-state index is 13.7. The average Bonchev–Trinajstić information content (AvgIpc) is 3.63. The largest absolute Gasteiger partial charge is 0.486 e. The van der Waals surface area contributed by atoms with Crippen molar-refractivity contribution in [3.8, 4) is 5.75 Å². The molecule has 0 saturated heterocycles. The number of carbonyl (C=O) groups is 2. The number of thiazole rings is 1. The molecule has 9 heteroatoms. The van der Waals surface area contributed by atoms with Crippen LogP contribution in [0.5, 0.6) is 5.75 Å². The minimum absolute atomic E-state index is 0.189. The summed E-state index contributed by atoms with van der Waals surface area (Å²) in [6.07, 6.45) is 3.74. The molecule has 0 unspecified atom stereocenters. The van der Waals surface area contributed by atoms with Crippen molar-refractivity contribution >= 4 is 23.2 Å². The van der Waals surface area contributed by atoms with E-state index in [0.29, 0.717) is 36.0 Å². The Morgan fingerprint density at radius 3 is 2.84 bits per heavy atom. The van der Waals surface area contributed by atoms with Crippen LogP contribution in [0.3, 0.4) is 0 Å². The molecular formula is C28H24FN3O4S. The fraction of sp³-hybridized carbons (Fsp3) is 0.179. The quantitative estimate of drug-likeness (QED) is 0.327. The van der Waals surface area contributed by atoms with Crippen molar-refractivity contribution in [1.29, 1.82) is 0 Å². The smallest absolute Gasteiger partial charge is 0.290 e. The van der Waals surface area contributed by atoms with Gasteiger partial charge in [0.25, 0.3) is 11.8 Å². The summed E-state index contributed by atoms with van der Waals surface area (Å²) in [5, 5.41) is 5.05. The number of ether oxygens (including phenoxy) is 1. The first-order valence-electron chi connectivity index (χ1n) is 11.7. The Labute approximate surface area is 217 Å². The molecule has 188 valence electrons. The van der Waals surface area contributed by atoms with Gasteiger partial charge in [0.05, 0.1) is 12.3 Å². The summed E-state index contributed by atoms with van der Waals surface area (Å²) < 4.78 is 25.1. The number of furan rings is 1. The van der Waals surface area contributed by atoms with E-state index in [0.717, 1.165) is 16.7 Å². The third kappa shape index (κ3) is 5.31. The van der Waals surface area contributed by atoms with Gasteiger partial charge in [-0.25, -0.2) is 9.37 Å². The number of carbonyl (C=O) groups excluding carboxylic acids is 2. The van der Waals surface area contributed by atoms with E-state index in [2.05, 4.69) is 16.9 Å². The lowest BCUT2D eigenvalue weighted by Crippen LogP contribution is -2.40. The molecule has 37 heavy (non-hydrogen) atoms. The summed E-state index contributed by atoms with van der Waals surface area (Å²) in [6.45, 7) is 4.63. The van der Waals surface area contributed by atoms with Crippen molar-refractivity contribution in [1.82, 2.24) is 15.2 Å². The van der Waals surface area contributed by atoms with Gasteiger partial charge in [-0.1, -0.05) is 24.3 Å². The fourth-order valence-electron chi connectivity index (χ4n) is 4.33. The van der Waals surface area contributed by atoms with E-state index in [-0.39, 0.29) is 30.0 Å². The summed E-state index contributed by atoms with van der Waals surface area (Å²) in [6, 6.07) is 14.8. The van der Waals surface area contributed by atoms with Gasteiger partial charge < -0.3 is 19.4 Å². The zero-order chi connectivity index (χ0) is 25.8. The number of nitrogens with zero attached hydrogens (tertiary/aromatic N) is 2. The summed E-state index contributed by atoms with van der Waals surface area (Å²) in [4.78, 5) is 31.5. The number of benzene rings is 2. The summed E-state index contributed by atoms with van der Waals surface area (Å²) in [7, 11) is 0. The highest BCUT2D eigenvalue weighted by Crippen LogP contribution is 2.38. The number of hydrogen-bond donors (Lipinski definition) is 1. The molecule has 0 fully saturated rings. The van der Waals surface area contributed by atoms with Crippen LogP contribution in [0.1, 0.15) is 48.8 Å². The first-order valence-corrected chi connectivity index (χ1v) is 12.6. The van der Waals surface area contributed by atoms with Gasteiger partial charge >= 0.3 is 0 Å². The van der Waals surface area contributed by atoms with Crippen LogP contribution in [0.4, 0.5) is 4.39 Å². The predicted octanol–water partition coefficient (Wildman–Crippen LogP) is 5.16. The zero-order valence-corrected chi connectivity index (χ0v) is 20.7. The van der Waals surface area contributed by atoms with Crippen molar-refractivity contribution < 1.29 is 23.1 Å². The van der Waals surface area contributed by atoms with Gasteiger partial charge in [-0.3, -0.25) is 9.59 Å². The van der Waals surface area contributed by atoms with Crippen molar-refractivity contribution in [2.45, 2.75) is 19.1 Å². The second-order valence-corrected chi connectivity index (χ2v) is 9.40. The second-order valence-electron chi connectivity index (χ2n) is 8.45. The van der Waals surface area contributed by atoms with Gasteiger partial charge in [-0.15, -0.1) is 17.9 Å². The van der Waals surface area contributed by atoms with Gasteiger partial charge in [0.2, 0.25) is 0 Å². The molecule has 3 heterocycles. The Kier molecular flexibility index (Phi) is 7.14. The molecule has 7 nitrogen and oxygen atoms in total. The SMILES string of the molecule is C=CCNC(=O)c1csc(COc2ccc3c(c2)[C@H](c2ccc(F)cc2)N(C(=O)c2ccco2)CC3)n1. The molecule has 2 aromatic carbocycles. The zero-order valence-electron chi connectivity index (χ0n) is 19.9. The molecule has 5 rings (SSSR count). The minimum Gasteiger partial charge on any atom is -0.486 e. The Morgan fingerprint density at radius 2 is 2.08 bits per heavy atom. The molecule has 0 radical (unpaired) electrons. The third-order valence-corrected chi connectivity index (χ3v) is 6.90. The van der Waals surface area contributed by atoms with Crippen LogP contribution in [-0.2, 0) is 13.0 Å². The summed E-state index contributed by atoms with van der Waals surface area (Å²) >= 11 is 1.34. The van der Waals surface area contributed by atoms with Crippen LogP contribution < -0.4 is 10.1 Å². The summed E-state index contributed by atoms with van der Waals surface area (Å²) in [5.41, 5.74) is 3.10. The third-order valence-electron chi connectivity index (χ3n) is 6.08. The molecule has 0 bridgehead atoms. The molecule has 4 aromatic rings. The highest BCUT2D eigenvalue weighted by molar-refractivity contribution is 7.09. The molecule has 1 atom stereocenters. The molecule has 0 saturated carbocycles. The number of nitrogens with one attached hydrogen (secondary N) is 1. The van der Waals surface area contributed by atoms with E-state index in [9.17, 15) is 14.0 Å². The molecular weight excluding hydrogens is 493 g/mol. The van der Waals surface area contributed by atoms with Crippen molar-refractivity contribution in [2.75, 3.05) is 13.1 Å². The molecule has 1 aliphatic heterocycles. The van der Waals surface area contributed by atoms with Crippen LogP contribution in [0, 0.1) is 5.82 Å². The first kappa shape index (κ1) is 24.5. The predicted molar refractivity (Wildman–Crippen MR) is 137 cm³/mol. The number of fused-ring (bicyclic) bond motifs is 1. The lowest BCUT2D eigenvalue weighted by atomic mass is 9.87. The van der Waals surface area contributed by atoms with Crippen LogP contribution >= 0.6 is 11.3 Å². The lowest BCUT2D eigenvalue weighted by Gasteiger charge is -2.37. The number of amides is 2. The molecule has 0 aliphatic carbocycles. The number of hydrogen-bond acceptors (Lipinski definition) is 6. The van der Waals surface area contributed by atoms with E-state index in [1.54, 1.807) is 40.6 Å². The van der Waals surface area contributed by atoms with Crippen LogP contribution in [0.15, 0.2) is 83.3 Å². The Balaban J connectivity index is 1.40.